The number of hydrogen-bond donors (Lipinski definition) is 0. The molecule has 2 heterocycles. The van der Waals surface area contributed by atoms with E-state index in [1.54, 1.807) is 11.1 Å². The van der Waals surface area contributed by atoms with Crippen LogP contribution in [0.3, 0.4) is 0 Å². The van der Waals surface area contributed by atoms with Gasteiger partial charge in [-0.05, 0) is 82.7 Å². The molecule has 2 unspecified atom stereocenters. The van der Waals surface area contributed by atoms with Crippen LogP contribution in [-0.4, -0.2) is 0 Å². The summed E-state index contributed by atoms with van der Waals surface area (Å²) in [7, 11) is -0.505. The van der Waals surface area contributed by atoms with E-state index >= 15 is 0 Å². The molecule has 2 aromatic heterocycles. The highest BCUT2D eigenvalue weighted by atomic mass is 31.1. The maximum absolute atomic E-state index is 2.52. The first-order valence-electron chi connectivity index (χ1n) is 9.16. The fourth-order valence-electron chi connectivity index (χ4n) is 3.49. The summed E-state index contributed by atoms with van der Waals surface area (Å²) in [4.78, 5) is 0. The number of hydrogen-bond acceptors (Lipinski definition) is 0. The second-order valence-corrected chi connectivity index (χ2v) is 10.6. The molecule has 0 amide bonds. The van der Waals surface area contributed by atoms with Gasteiger partial charge in [0.2, 0.25) is 0 Å². The maximum atomic E-state index is 2.52. The molecule has 0 saturated carbocycles. The summed E-state index contributed by atoms with van der Waals surface area (Å²) in [5.74, 6) is 9.99. The minimum Gasteiger partial charge on any atom is -0.0928 e. The maximum Gasteiger partial charge on any atom is -0.00217 e. The Morgan fingerprint density at radius 1 is 0.538 bits per heavy atom. The summed E-state index contributed by atoms with van der Waals surface area (Å²) < 4.78 is 0. The second kappa shape index (κ2) is 7.71. The van der Waals surface area contributed by atoms with Crippen LogP contribution in [0, 0.1) is 13.8 Å². The van der Waals surface area contributed by atoms with Gasteiger partial charge in [-0.25, -0.2) is 0 Å². The molecule has 0 saturated heterocycles. The van der Waals surface area contributed by atoms with Gasteiger partial charge in [0.25, 0.3) is 0 Å². The van der Waals surface area contributed by atoms with Crippen LogP contribution in [0.4, 0.5) is 0 Å². The third-order valence-electron chi connectivity index (χ3n) is 5.04. The Labute approximate surface area is 158 Å². The predicted molar refractivity (Wildman–Crippen MR) is 118 cm³/mol. The number of aryl methyl sites for hydroxylation is 4. The van der Waals surface area contributed by atoms with Gasteiger partial charge in [0, 0.05) is 0 Å². The zero-order chi connectivity index (χ0) is 17.9. The SMILES string of the molecule is Cc1cp(-c2ccccc2)cc1CCc1cp(-c2ccccc2)cc1C. The monoisotopic (exact) mass is 374 g/mol. The molecule has 0 aliphatic carbocycles. The molecule has 0 nitrogen and oxygen atoms in total. The van der Waals surface area contributed by atoms with Crippen molar-refractivity contribution in [2.24, 2.45) is 0 Å². The van der Waals surface area contributed by atoms with Gasteiger partial charge >= 0.3 is 0 Å². The highest BCUT2D eigenvalue weighted by molar-refractivity contribution is 7.56. The average molecular weight is 374 g/mol. The van der Waals surface area contributed by atoms with Crippen molar-refractivity contribution >= 4 is 15.1 Å². The summed E-state index contributed by atoms with van der Waals surface area (Å²) in [6.45, 7) is 4.55. The third-order valence-corrected chi connectivity index (χ3v) is 9.34. The summed E-state index contributed by atoms with van der Waals surface area (Å²) >= 11 is 0. The van der Waals surface area contributed by atoms with Gasteiger partial charge < -0.3 is 0 Å². The lowest BCUT2D eigenvalue weighted by molar-refractivity contribution is 0.952. The van der Waals surface area contributed by atoms with Crippen LogP contribution in [-0.2, 0) is 12.8 Å². The Kier molecular flexibility index (Phi) is 5.16. The lowest BCUT2D eigenvalue weighted by atomic mass is 10.0. The molecule has 130 valence electrons. The van der Waals surface area contributed by atoms with Gasteiger partial charge in [-0.15, -0.1) is 0 Å². The first-order chi connectivity index (χ1) is 12.7. The van der Waals surface area contributed by atoms with Crippen LogP contribution in [0.25, 0.3) is 10.6 Å². The largest absolute Gasteiger partial charge is 0.0928 e. The molecule has 2 heteroatoms. The molecule has 0 N–H and O–H groups in total. The van der Waals surface area contributed by atoms with E-state index in [4.69, 9.17) is 0 Å². The Morgan fingerprint density at radius 2 is 0.923 bits per heavy atom. The second-order valence-electron chi connectivity index (χ2n) is 6.92. The van der Waals surface area contributed by atoms with Crippen molar-refractivity contribution in [2.45, 2.75) is 26.7 Å². The lowest BCUT2D eigenvalue weighted by Gasteiger charge is -2.01. The van der Waals surface area contributed by atoms with E-state index in [-0.39, 0.29) is 15.1 Å². The topological polar surface area (TPSA) is 0 Å². The van der Waals surface area contributed by atoms with Crippen LogP contribution in [0.1, 0.15) is 22.3 Å². The Balaban J connectivity index is 1.51. The van der Waals surface area contributed by atoms with Gasteiger partial charge in [-0.1, -0.05) is 75.7 Å². The summed E-state index contributed by atoms with van der Waals surface area (Å²) in [6, 6.07) is 21.8. The molecule has 4 aromatic rings. The molecule has 2 atom stereocenters. The van der Waals surface area contributed by atoms with Crippen molar-refractivity contribution < 1.29 is 0 Å². The van der Waals surface area contributed by atoms with Crippen molar-refractivity contribution in [3.63, 3.8) is 0 Å². The average Bonchev–Trinajstić information content (AvgIpc) is 3.24. The smallest absolute Gasteiger partial charge is 0.00217 e. The fourth-order valence-corrected chi connectivity index (χ4v) is 7.77. The highest BCUT2D eigenvalue weighted by Crippen LogP contribution is 2.44. The van der Waals surface area contributed by atoms with E-state index in [1.165, 1.54) is 21.7 Å². The Hall–Kier alpha value is -2.00. The van der Waals surface area contributed by atoms with Crippen LogP contribution in [0.2, 0.25) is 0 Å². The van der Waals surface area contributed by atoms with E-state index in [2.05, 4.69) is 97.7 Å². The minimum atomic E-state index is -0.253. The molecule has 0 spiro atoms. The van der Waals surface area contributed by atoms with Crippen LogP contribution >= 0.6 is 15.1 Å². The summed E-state index contributed by atoms with van der Waals surface area (Å²) in [5.41, 5.74) is 6.05. The number of benzene rings is 2. The van der Waals surface area contributed by atoms with Gasteiger partial charge in [-0.3, -0.25) is 0 Å². The third kappa shape index (κ3) is 3.73. The highest BCUT2D eigenvalue weighted by Gasteiger charge is 2.09. The van der Waals surface area contributed by atoms with E-state index < -0.39 is 0 Å². The first kappa shape index (κ1) is 17.4. The van der Waals surface area contributed by atoms with E-state index in [0.717, 1.165) is 12.8 Å². The molecule has 0 radical (unpaired) electrons. The van der Waals surface area contributed by atoms with Crippen molar-refractivity contribution in [1.82, 2.24) is 0 Å². The van der Waals surface area contributed by atoms with Gasteiger partial charge in [0.15, 0.2) is 0 Å². The predicted octanol–water partition coefficient (Wildman–Crippen LogP) is 8.04. The van der Waals surface area contributed by atoms with Crippen molar-refractivity contribution in [3.8, 4) is 10.6 Å². The van der Waals surface area contributed by atoms with Crippen LogP contribution < -0.4 is 0 Å². The van der Waals surface area contributed by atoms with Crippen molar-refractivity contribution in [3.05, 3.63) is 106 Å². The van der Waals surface area contributed by atoms with Crippen LogP contribution in [0.5, 0.6) is 0 Å². The molecule has 2 aromatic carbocycles. The van der Waals surface area contributed by atoms with Crippen molar-refractivity contribution in [1.29, 1.82) is 0 Å². The van der Waals surface area contributed by atoms with Gasteiger partial charge in [0.1, 0.15) is 0 Å². The zero-order valence-electron chi connectivity index (χ0n) is 15.4. The van der Waals surface area contributed by atoms with Crippen LogP contribution in [0.15, 0.2) is 83.9 Å². The molecular weight excluding hydrogens is 350 g/mol. The number of rotatable bonds is 5. The van der Waals surface area contributed by atoms with Gasteiger partial charge in [0.05, 0.1) is 0 Å². The molecule has 4 rings (SSSR count). The molecule has 0 fully saturated rings. The van der Waals surface area contributed by atoms with Gasteiger partial charge in [-0.2, -0.15) is 0 Å². The molecule has 0 aliphatic heterocycles. The molecular formula is C24H24P2. The first-order valence-corrected chi connectivity index (χ1v) is 12.1. The fraction of sp³-hybridized carbons (Fsp3) is 0.167. The standard InChI is InChI=1S/C24H24P2/c1-19-15-25(23-9-5-3-6-10-23)17-21(19)13-14-22-18-26(16-20(22)2)24-11-7-4-8-12-24/h3-12,15-18H,13-14H2,1-2H3. The molecule has 26 heavy (non-hydrogen) atoms. The zero-order valence-corrected chi connectivity index (χ0v) is 17.2. The quantitative estimate of drug-likeness (QED) is 0.331. The molecule has 0 bridgehead atoms. The Morgan fingerprint density at radius 3 is 1.31 bits per heavy atom. The summed E-state index contributed by atoms with van der Waals surface area (Å²) in [5, 5.41) is 2.92. The summed E-state index contributed by atoms with van der Waals surface area (Å²) in [6.07, 6.45) is 2.31. The normalized spacial score (nSPS) is 12.4. The van der Waals surface area contributed by atoms with E-state index in [1.807, 2.05) is 0 Å². The van der Waals surface area contributed by atoms with E-state index in [9.17, 15) is 0 Å². The molecule has 0 aliphatic rings. The minimum absolute atomic E-state index is 0.253. The van der Waals surface area contributed by atoms with E-state index in [0.29, 0.717) is 0 Å². The lowest BCUT2D eigenvalue weighted by Crippen LogP contribution is -1.91. The van der Waals surface area contributed by atoms with Crippen molar-refractivity contribution in [2.75, 3.05) is 0 Å². The Bertz CT molecular complexity index is 908.